The summed E-state index contributed by atoms with van der Waals surface area (Å²) in [4.78, 5) is 12.8. The maximum Gasteiger partial charge on any atom is 0.453 e. The van der Waals surface area contributed by atoms with Gasteiger partial charge in [0.05, 0.1) is 0 Å². The van der Waals surface area contributed by atoms with Gasteiger partial charge in [0.25, 0.3) is 0 Å². The highest BCUT2D eigenvalue weighted by molar-refractivity contribution is 7.55. The number of carbonyl (C=O) groups excluding carboxylic acids is 1. The van der Waals surface area contributed by atoms with Crippen LogP contribution in [0.4, 0.5) is 4.79 Å². The Labute approximate surface area is 214 Å². The third kappa shape index (κ3) is 7.14. The summed E-state index contributed by atoms with van der Waals surface area (Å²) in [5.41, 5.74) is 4.58. The Kier molecular flexibility index (Phi) is 9.22. The van der Waals surface area contributed by atoms with Gasteiger partial charge in [-0.2, -0.15) is 0 Å². The Bertz CT molecular complexity index is 1170. The molecule has 1 amide bonds. The van der Waals surface area contributed by atoms with Gasteiger partial charge in [-0.05, 0) is 80.0 Å². The average Bonchev–Trinajstić information content (AvgIpc) is 2.84. The minimum absolute atomic E-state index is 0.0983. The molecule has 0 heterocycles. The van der Waals surface area contributed by atoms with Crippen molar-refractivity contribution in [1.82, 2.24) is 5.32 Å². The lowest BCUT2D eigenvalue weighted by Crippen LogP contribution is -2.38. The highest BCUT2D eigenvalue weighted by atomic mass is 31.2. The lowest BCUT2D eigenvalue weighted by atomic mass is 10.1. The average molecular weight is 510 g/mol. The van der Waals surface area contributed by atoms with Crippen molar-refractivity contribution in [2.45, 2.75) is 60.4 Å². The zero-order valence-electron chi connectivity index (χ0n) is 21.9. The number of hydrogen-bond acceptors (Lipinski definition) is 5. The minimum Gasteiger partial charge on any atom is -0.445 e. The fourth-order valence-electron chi connectivity index (χ4n) is 3.68. The number of hydrogen-bond donors (Lipinski definition) is 1. The van der Waals surface area contributed by atoms with E-state index in [9.17, 15) is 9.36 Å². The first kappa shape index (κ1) is 27.3. The number of amides is 1. The van der Waals surface area contributed by atoms with Crippen molar-refractivity contribution < 1.29 is 23.1 Å². The van der Waals surface area contributed by atoms with Crippen LogP contribution >= 0.6 is 7.60 Å². The summed E-state index contributed by atoms with van der Waals surface area (Å²) >= 11 is 0. The van der Waals surface area contributed by atoms with Gasteiger partial charge in [-0.15, -0.1) is 0 Å². The largest absolute Gasteiger partial charge is 0.453 e. The van der Waals surface area contributed by atoms with Gasteiger partial charge in [0.1, 0.15) is 18.1 Å². The molecule has 0 aliphatic rings. The fourth-order valence-corrected chi connectivity index (χ4v) is 5.86. The molecule has 7 heteroatoms. The lowest BCUT2D eigenvalue weighted by Gasteiger charge is -2.30. The molecular formula is C29H36NO5P. The summed E-state index contributed by atoms with van der Waals surface area (Å²) in [6.07, 6.45) is -0.313. The van der Waals surface area contributed by atoms with Gasteiger partial charge >= 0.3 is 13.7 Å². The summed E-state index contributed by atoms with van der Waals surface area (Å²) in [6, 6.07) is 20.5. The molecule has 0 aliphatic heterocycles. The van der Waals surface area contributed by atoms with E-state index in [2.05, 4.69) is 5.32 Å². The van der Waals surface area contributed by atoms with Gasteiger partial charge in [0, 0.05) is 0 Å². The number of rotatable bonds is 10. The van der Waals surface area contributed by atoms with Gasteiger partial charge in [0.15, 0.2) is 5.78 Å². The first-order valence-corrected chi connectivity index (χ1v) is 13.8. The second kappa shape index (κ2) is 12.1. The van der Waals surface area contributed by atoms with E-state index >= 15 is 0 Å². The quantitative estimate of drug-likeness (QED) is 0.282. The van der Waals surface area contributed by atoms with Crippen molar-refractivity contribution in [1.29, 1.82) is 0 Å². The molecule has 3 rings (SSSR count). The predicted molar refractivity (Wildman–Crippen MR) is 144 cm³/mol. The number of benzene rings is 3. The zero-order valence-corrected chi connectivity index (χ0v) is 22.8. The normalized spacial score (nSPS) is 12.2. The Balaban J connectivity index is 1.95. The van der Waals surface area contributed by atoms with E-state index in [1.165, 1.54) is 0 Å². The van der Waals surface area contributed by atoms with Gasteiger partial charge in [-0.25, -0.2) is 9.36 Å². The molecular weight excluding hydrogens is 473 g/mol. The maximum atomic E-state index is 14.6. The van der Waals surface area contributed by atoms with E-state index in [0.29, 0.717) is 17.9 Å². The van der Waals surface area contributed by atoms with Gasteiger partial charge in [-0.3, -0.25) is 0 Å². The topological polar surface area (TPSA) is 73.9 Å². The van der Waals surface area contributed by atoms with E-state index in [4.69, 9.17) is 13.8 Å². The number of carbonyl (C=O) groups is 1. The van der Waals surface area contributed by atoms with E-state index in [1.807, 2.05) is 96.1 Å². The van der Waals surface area contributed by atoms with E-state index < -0.39 is 19.5 Å². The Morgan fingerprint density at radius 2 is 1.33 bits per heavy atom. The molecule has 0 bridgehead atoms. The van der Waals surface area contributed by atoms with Crippen LogP contribution in [0.1, 0.15) is 48.1 Å². The Morgan fingerprint density at radius 1 is 0.806 bits per heavy atom. The van der Waals surface area contributed by atoms with Gasteiger partial charge < -0.3 is 19.1 Å². The highest BCUT2D eigenvalue weighted by Gasteiger charge is 2.42. The van der Waals surface area contributed by atoms with Crippen LogP contribution < -0.4 is 14.4 Å². The van der Waals surface area contributed by atoms with Gasteiger partial charge in [0.2, 0.25) is 0 Å². The Hall–Kier alpha value is -3.24. The van der Waals surface area contributed by atoms with E-state index in [-0.39, 0.29) is 12.5 Å². The first-order valence-electron chi connectivity index (χ1n) is 12.2. The highest BCUT2D eigenvalue weighted by Crippen LogP contribution is 2.55. The molecule has 3 aromatic rings. The first-order chi connectivity index (χ1) is 17.1. The van der Waals surface area contributed by atoms with Crippen LogP contribution in [-0.4, -0.2) is 11.9 Å². The number of aryl methyl sites for hydroxylation is 2. The summed E-state index contributed by atoms with van der Waals surface area (Å²) in [5, 5.41) is 2.79. The predicted octanol–water partition coefficient (Wildman–Crippen LogP) is 7.87. The summed E-state index contributed by atoms with van der Waals surface area (Å²) in [7, 11) is -3.98. The molecule has 1 atom stereocenters. The maximum absolute atomic E-state index is 14.6. The summed E-state index contributed by atoms with van der Waals surface area (Å²) < 4.78 is 32.5. The molecule has 0 saturated heterocycles. The van der Waals surface area contributed by atoms with Crippen LogP contribution in [0.3, 0.4) is 0 Å². The van der Waals surface area contributed by atoms with Crippen LogP contribution in [0.25, 0.3) is 0 Å². The Morgan fingerprint density at radius 3 is 1.83 bits per heavy atom. The molecule has 0 aromatic heterocycles. The standard InChI is InChI=1S/C29H36NO5P/c1-20(2)18-28(30-29(31)33-19-25-14-8-7-9-15-25)36(32,34-26-16-10-12-21(3)23(26)5)35-27-17-11-13-22(4)24(27)6/h7-17,20,28H,18-19H2,1-6H3,(H,30,31). The van der Waals surface area contributed by atoms with Crippen molar-refractivity contribution in [3.63, 3.8) is 0 Å². The molecule has 0 spiro atoms. The SMILES string of the molecule is Cc1cccc(OP(=O)(Oc2cccc(C)c2C)C(CC(C)C)NC(=O)OCc2ccccc2)c1C. The molecule has 36 heavy (non-hydrogen) atoms. The molecule has 1 unspecified atom stereocenters. The molecule has 0 fully saturated rings. The number of alkyl carbamates (subject to hydrolysis) is 1. The van der Waals surface area contributed by atoms with E-state index in [1.54, 1.807) is 12.1 Å². The van der Waals surface area contributed by atoms with Crippen LogP contribution in [0.5, 0.6) is 11.5 Å². The minimum atomic E-state index is -3.98. The number of ether oxygens (including phenoxy) is 1. The van der Waals surface area contributed by atoms with E-state index in [0.717, 1.165) is 27.8 Å². The number of nitrogens with one attached hydrogen (secondary N) is 1. The summed E-state index contributed by atoms with van der Waals surface area (Å²) in [5.74, 6) is 0.0801. The zero-order chi connectivity index (χ0) is 26.3. The fraction of sp³-hybridized carbons (Fsp3) is 0.345. The van der Waals surface area contributed by atoms with Crippen LogP contribution in [0, 0.1) is 33.6 Å². The molecule has 3 aromatic carbocycles. The summed E-state index contributed by atoms with van der Waals surface area (Å²) in [6.45, 7) is 11.8. The van der Waals surface area contributed by atoms with Crippen molar-refractivity contribution >= 4 is 13.7 Å². The van der Waals surface area contributed by atoms with Gasteiger partial charge in [-0.1, -0.05) is 68.4 Å². The second-order valence-electron chi connectivity index (χ2n) is 9.47. The smallest absolute Gasteiger partial charge is 0.445 e. The van der Waals surface area contributed by atoms with Crippen molar-refractivity contribution in [3.8, 4) is 11.5 Å². The molecule has 0 aliphatic carbocycles. The monoisotopic (exact) mass is 509 g/mol. The molecule has 0 radical (unpaired) electrons. The molecule has 6 nitrogen and oxygen atoms in total. The third-order valence-corrected chi connectivity index (χ3v) is 8.14. The van der Waals surface area contributed by atoms with Crippen molar-refractivity contribution in [2.24, 2.45) is 5.92 Å². The third-order valence-electron chi connectivity index (χ3n) is 6.13. The molecule has 1 N–H and O–H groups in total. The van der Waals surface area contributed by atoms with Crippen molar-refractivity contribution in [2.75, 3.05) is 0 Å². The van der Waals surface area contributed by atoms with Crippen LogP contribution in [0.15, 0.2) is 66.7 Å². The second-order valence-corrected chi connectivity index (χ2v) is 11.5. The molecule has 192 valence electrons. The van der Waals surface area contributed by atoms with Crippen molar-refractivity contribution in [3.05, 3.63) is 94.5 Å². The lowest BCUT2D eigenvalue weighted by molar-refractivity contribution is 0.136. The van der Waals surface area contributed by atoms with Crippen LogP contribution in [-0.2, 0) is 15.9 Å². The van der Waals surface area contributed by atoms with Crippen LogP contribution in [0.2, 0.25) is 0 Å². The molecule has 0 saturated carbocycles.